The molecule has 0 radical (unpaired) electrons. The molecule has 5 heteroatoms. The first-order valence-electron chi connectivity index (χ1n) is 8.34. The molecule has 4 rings (SSSR count). The van der Waals surface area contributed by atoms with Crippen LogP contribution in [0.15, 0.2) is 28.5 Å². The van der Waals surface area contributed by atoms with Crippen LogP contribution in [-0.2, 0) is 6.42 Å². The predicted molar refractivity (Wildman–Crippen MR) is 86.5 cm³/mol. The van der Waals surface area contributed by atoms with Crippen LogP contribution in [0.25, 0.3) is 0 Å². The first kappa shape index (κ1) is 14.5. The Kier molecular flexibility index (Phi) is 3.15. The van der Waals surface area contributed by atoms with Gasteiger partial charge in [0.1, 0.15) is 17.2 Å². The summed E-state index contributed by atoms with van der Waals surface area (Å²) in [7, 11) is 0. The van der Waals surface area contributed by atoms with E-state index in [2.05, 4.69) is 23.3 Å². The minimum atomic E-state index is -0.202. The van der Waals surface area contributed by atoms with Gasteiger partial charge in [-0.2, -0.15) is 0 Å². The molecular weight excluding hydrogens is 292 g/mol. The van der Waals surface area contributed by atoms with Crippen LogP contribution in [0, 0.1) is 17.3 Å². The number of benzene rings is 1. The maximum Gasteiger partial charge on any atom is 0.115 e. The van der Waals surface area contributed by atoms with Crippen molar-refractivity contribution < 1.29 is 15.5 Å². The third kappa shape index (κ3) is 1.92. The van der Waals surface area contributed by atoms with Gasteiger partial charge in [-0.05, 0) is 73.1 Å². The van der Waals surface area contributed by atoms with Crippen molar-refractivity contribution in [3.8, 4) is 5.75 Å². The fourth-order valence-corrected chi connectivity index (χ4v) is 5.45. The average molecular weight is 314 g/mol. The van der Waals surface area contributed by atoms with Gasteiger partial charge in [0.15, 0.2) is 0 Å². The minimum Gasteiger partial charge on any atom is -0.508 e. The molecule has 122 valence electrons. The highest BCUT2D eigenvalue weighted by Gasteiger charge is 2.56. The number of phenols is 1. The first-order valence-corrected chi connectivity index (χ1v) is 8.34. The van der Waals surface area contributed by atoms with Crippen molar-refractivity contribution in [1.82, 2.24) is 0 Å². The van der Waals surface area contributed by atoms with Crippen molar-refractivity contribution in [3.05, 3.63) is 29.3 Å². The Bertz CT molecular complexity index is 712. The van der Waals surface area contributed by atoms with Crippen molar-refractivity contribution >= 4 is 11.4 Å². The number of aryl methyl sites for hydroxylation is 1. The second-order valence-corrected chi connectivity index (χ2v) is 7.45. The quantitative estimate of drug-likeness (QED) is 0.506. The second kappa shape index (κ2) is 4.98. The molecular formula is C18H22N2O3. The van der Waals surface area contributed by atoms with Gasteiger partial charge in [0.05, 0.1) is 0 Å². The van der Waals surface area contributed by atoms with Gasteiger partial charge in [-0.15, -0.1) is 0 Å². The molecule has 2 saturated carbocycles. The largest absolute Gasteiger partial charge is 0.508 e. The van der Waals surface area contributed by atoms with Crippen LogP contribution in [0.3, 0.4) is 0 Å². The Balaban J connectivity index is 1.74. The molecule has 0 unspecified atom stereocenters. The second-order valence-electron chi connectivity index (χ2n) is 7.45. The van der Waals surface area contributed by atoms with Gasteiger partial charge in [0.25, 0.3) is 0 Å². The molecule has 1 aromatic carbocycles. The Morgan fingerprint density at radius 1 is 1.17 bits per heavy atom. The SMILES string of the molecule is C[C@]12CC[C@@H]3c4ccc(O)cc4CC[C@H]3[C@@H]1CC(=N/O)/C2=N\O. The maximum atomic E-state index is 9.72. The summed E-state index contributed by atoms with van der Waals surface area (Å²) < 4.78 is 0. The van der Waals surface area contributed by atoms with Gasteiger partial charge in [0.2, 0.25) is 0 Å². The van der Waals surface area contributed by atoms with E-state index in [1.54, 1.807) is 6.07 Å². The van der Waals surface area contributed by atoms with E-state index in [9.17, 15) is 15.5 Å². The summed E-state index contributed by atoms with van der Waals surface area (Å²) in [5.41, 5.74) is 3.53. The van der Waals surface area contributed by atoms with Gasteiger partial charge in [-0.1, -0.05) is 23.3 Å². The van der Waals surface area contributed by atoms with E-state index in [4.69, 9.17) is 0 Å². The fourth-order valence-electron chi connectivity index (χ4n) is 5.45. The molecule has 3 aliphatic carbocycles. The molecule has 0 saturated heterocycles. The number of phenolic OH excluding ortho intramolecular Hbond substituents is 1. The molecule has 3 aliphatic rings. The van der Waals surface area contributed by atoms with Crippen molar-refractivity contribution in [2.45, 2.75) is 44.9 Å². The molecule has 0 bridgehead atoms. The molecule has 0 amide bonds. The summed E-state index contributed by atoms with van der Waals surface area (Å²) in [4.78, 5) is 0. The van der Waals surface area contributed by atoms with E-state index < -0.39 is 0 Å². The number of hydrogen-bond acceptors (Lipinski definition) is 5. The van der Waals surface area contributed by atoms with Gasteiger partial charge in [-0.3, -0.25) is 0 Å². The zero-order valence-corrected chi connectivity index (χ0v) is 13.2. The smallest absolute Gasteiger partial charge is 0.115 e. The van der Waals surface area contributed by atoms with Crippen LogP contribution in [0.5, 0.6) is 5.75 Å². The van der Waals surface area contributed by atoms with E-state index in [1.165, 1.54) is 11.1 Å². The van der Waals surface area contributed by atoms with E-state index in [-0.39, 0.29) is 5.41 Å². The van der Waals surface area contributed by atoms with Crippen molar-refractivity contribution in [2.75, 3.05) is 0 Å². The van der Waals surface area contributed by atoms with Crippen molar-refractivity contribution in [1.29, 1.82) is 0 Å². The molecule has 0 aliphatic heterocycles. The van der Waals surface area contributed by atoms with Crippen molar-refractivity contribution in [2.24, 2.45) is 27.6 Å². The van der Waals surface area contributed by atoms with Gasteiger partial charge in [0, 0.05) is 5.41 Å². The Hall–Kier alpha value is -2.04. The Morgan fingerprint density at radius 2 is 2.00 bits per heavy atom. The molecule has 1 aromatic rings. The molecule has 0 aromatic heterocycles. The summed E-state index contributed by atoms with van der Waals surface area (Å²) in [5.74, 6) is 1.67. The summed E-state index contributed by atoms with van der Waals surface area (Å²) in [6.07, 6.45) is 4.68. The van der Waals surface area contributed by atoms with Crippen molar-refractivity contribution in [3.63, 3.8) is 0 Å². The molecule has 0 heterocycles. The van der Waals surface area contributed by atoms with Crippen LogP contribution < -0.4 is 0 Å². The number of hydrogen-bond donors (Lipinski definition) is 3. The van der Waals surface area contributed by atoms with Crippen LogP contribution >= 0.6 is 0 Å². The standard InChI is InChI=1S/C18H22N2O3/c1-18-7-6-13-12-5-3-11(21)8-10(12)2-4-14(13)15(18)9-16(19-22)17(18)20-23/h3,5,8,13-15,21-23H,2,4,6-7,9H2,1H3/b19-16-,20-17+/t13-,14-,15+,18+/m1/s1. The van der Waals surface area contributed by atoms with Crippen LogP contribution in [0.2, 0.25) is 0 Å². The maximum absolute atomic E-state index is 9.72. The lowest BCUT2D eigenvalue weighted by Crippen LogP contribution is -2.42. The van der Waals surface area contributed by atoms with Gasteiger partial charge >= 0.3 is 0 Å². The third-order valence-corrected chi connectivity index (χ3v) is 6.55. The zero-order valence-electron chi connectivity index (χ0n) is 13.2. The number of aromatic hydroxyl groups is 1. The lowest BCUT2D eigenvalue weighted by Gasteiger charge is -2.48. The molecule has 0 spiro atoms. The summed E-state index contributed by atoms with van der Waals surface area (Å²) in [6, 6.07) is 5.75. The summed E-state index contributed by atoms with van der Waals surface area (Å²) in [6.45, 7) is 2.15. The van der Waals surface area contributed by atoms with E-state index in [1.807, 2.05) is 6.07 Å². The topological polar surface area (TPSA) is 85.4 Å². The highest BCUT2D eigenvalue weighted by Crippen LogP contribution is 2.59. The molecule has 2 fully saturated rings. The van der Waals surface area contributed by atoms with E-state index >= 15 is 0 Å². The highest BCUT2D eigenvalue weighted by atomic mass is 16.4. The van der Waals surface area contributed by atoms with E-state index in [0.717, 1.165) is 25.7 Å². The number of oxime groups is 2. The molecule has 5 nitrogen and oxygen atoms in total. The average Bonchev–Trinajstić information content (AvgIpc) is 2.85. The van der Waals surface area contributed by atoms with Crippen LogP contribution in [-0.4, -0.2) is 26.9 Å². The lowest BCUT2D eigenvalue weighted by atomic mass is 9.55. The van der Waals surface area contributed by atoms with Crippen LogP contribution in [0.1, 0.15) is 49.7 Å². The summed E-state index contributed by atoms with van der Waals surface area (Å²) in [5, 5.41) is 35.3. The Morgan fingerprint density at radius 3 is 2.74 bits per heavy atom. The minimum absolute atomic E-state index is 0.202. The molecule has 23 heavy (non-hydrogen) atoms. The summed E-state index contributed by atoms with van der Waals surface area (Å²) >= 11 is 0. The highest BCUT2D eigenvalue weighted by molar-refractivity contribution is 6.46. The zero-order chi connectivity index (χ0) is 16.2. The van der Waals surface area contributed by atoms with Gasteiger partial charge in [-0.25, -0.2) is 0 Å². The third-order valence-electron chi connectivity index (χ3n) is 6.55. The lowest BCUT2D eigenvalue weighted by molar-refractivity contribution is 0.0963. The number of rotatable bonds is 0. The Labute approximate surface area is 135 Å². The van der Waals surface area contributed by atoms with E-state index in [0.29, 0.717) is 41.3 Å². The normalized spacial score (nSPS) is 39.1. The fraction of sp³-hybridized carbons (Fsp3) is 0.556. The molecule has 4 atom stereocenters. The van der Waals surface area contributed by atoms with Gasteiger partial charge < -0.3 is 15.5 Å². The first-order chi connectivity index (χ1) is 11.1. The monoisotopic (exact) mass is 314 g/mol. The molecule has 3 N–H and O–H groups in total. The predicted octanol–water partition coefficient (Wildman–Crippen LogP) is 3.52. The number of nitrogens with zero attached hydrogens (tertiary/aromatic N) is 2. The van der Waals surface area contributed by atoms with Crippen LogP contribution in [0.4, 0.5) is 0 Å². The number of fused-ring (bicyclic) bond motifs is 5.